The molecule has 0 amide bonds. The molecule has 5 nitrogen and oxygen atoms in total. The Morgan fingerprint density at radius 2 is 1.67 bits per heavy atom. The Labute approximate surface area is 85.2 Å². The van der Waals surface area contributed by atoms with Gasteiger partial charge in [-0.15, -0.1) is 0 Å². The molecule has 0 aliphatic heterocycles. The van der Waals surface area contributed by atoms with Crippen LogP contribution in [0.1, 0.15) is 16.8 Å². The van der Waals surface area contributed by atoms with E-state index in [2.05, 4.69) is 15.0 Å². The second kappa shape index (κ2) is 3.05. The van der Waals surface area contributed by atoms with Gasteiger partial charge in [-0.05, 0) is 31.9 Å². The summed E-state index contributed by atoms with van der Waals surface area (Å²) in [6.07, 6.45) is 0. The van der Waals surface area contributed by atoms with Crippen LogP contribution in [-0.2, 0) is 0 Å². The third-order valence-corrected chi connectivity index (χ3v) is 2.68. The Bertz CT molecular complexity index is 652. The van der Waals surface area contributed by atoms with Crippen LogP contribution < -0.4 is 11.2 Å². The Morgan fingerprint density at radius 3 is 2.33 bits per heavy atom. The number of fused-ring (bicyclic) bond motifs is 1. The SMILES string of the molecule is Cc1nc2[nH]c(=O)[nH]c(=O)c2c(C)c1C. The number of nitrogens with zero attached hydrogens (tertiary/aromatic N) is 1. The molecule has 78 valence electrons. The topological polar surface area (TPSA) is 78.6 Å². The molecule has 0 saturated carbocycles. The molecule has 5 heteroatoms. The fourth-order valence-electron chi connectivity index (χ4n) is 1.62. The molecule has 2 aromatic heterocycles. The largest absolute Gasteiger partial charge is 0.327 e. The molecule has 0 unspecified atom stereocenters. The van der Waals surface area contributed by atoms with E-state index in [1.807, 2.05) is 20.8 Å². The number of hydrogen-bond acceptors (Lipinski definition) is 3. The number of aryl methyl sites for hydroxylation is 2. The molecular weight excluding hydrogens is 194 g/mol. The minimum absolute atomic E-state index is 0.351. The van der Waals surface area contributed by atoms with Gasteiger partial charge in [0, 0.05) is 5.69 Å². The molecule has 0 aliphatic rings. The van der Waals surface area contributed by atoms with Crippen LogP contribution in [0.15, 0.2) is 9.59 Å². The average molecular weight is 205 g/mol. The molecule has 0 fully saturated rings. The van der Waals surface area contributed by atoms with Gasteiger partial charge in [-0.25, -0.2) is 9.78 Å². The quantitative estimate of drug-likeness (QED) is 0.658. The summed E-state index contributed by atoms with van der Waals surface area (Å²) >= 11 is 0. The van der Waals surface area contributed by atoms with Gasteiger partial charge in [0.25, 0.3) is 5.56 Å². The summed E-state index contributed by atoms with van der Waals surface area (Å²) in [4.78, 5) is 31.5. The monoisotopic (exact) mass is 205 g/mol. The van der Waals surface area contributed by atoms with Gasteiger partial charge in [0.15, 0.2) is 0 Å². The molecule has 0 aliphatic carbocycles. The van der Waals surface area contributed by atoms with Gasteiger partial charge in [0.2, 0.25) is 0 Å². The van der Waals surface area contributed by atoms with Crippen molar-refractivity contribution >= 4 is 11.0 Å². The summed E-state index contributed by atoms with van der Waals surface area (Å²) in [5.41, 5.74) is 2.09. The number of hydrogen-bond donors (Lipinski definition) is 2. The maximum atomic E-state index is 11.6. The number of rotatable bonds is 0. The molecule has 0 aromatic carbocycles. The number of pyridine rings is 1. The fourth-order valence-corrected chi connectivity index (χ4v) is 1.62. The fraction of sp³-hybridized carbons (Fsp3) is 0.300. The van der Waals surface area contributed by atoms with E-state index >= 15 is 0 Å². The number of aromatic nitrogens is 3. The van der Waals surface area contributed by atoms with Crippen LogP contribution in [0.25, 0.3) is 11.0 Å². The Kier molecular flexibility index (Phi) is 1.96. The van der Waals surface area contributed by atoms with Gasteiger partial charge < -0.3 is 0 Å². The lowest BCUT2D eigenvalue weighted by Crippen LogP contribution is -2.23. The summed E-state index contributed by atoms with van der Waals surface area (Å²) in [5, 5.41) is 0.456. The van der Waals surface area contributed by atoms with Crippen molar-refractivity contribution in [1.82, 2.24) is 15.0 Å². The van der Waals surface area contributed by atoms with E-state index in [0.717, 1.165) is 16.8 Å². The van der Waals surface area contributed by atoms with E-state index < -0.39 is 5.69 Å². The van der Waals surface area contributed by atoms with E-state index in [0.29, 0.717) is 11.0 Å². The first-order valence-corrected chi connectivity index (χ1v) is 4.61. The molecule has 15 heavy (non-hydrogen) atoms. The van der Waals surface area contributed by atoms with Crippen LogP contribution in [0, 0.1) is 20.8 Å². The molecule has 2 N–H and O–H groups in total. The van der Waals surface area contributed by atoms with Gasteiger partial charge in [0.05, 0.1) is 5.39 Å². The standard InChI is InChI=1S/C10H11N3O2/c1-4-5(2)7-8(11-6(4)3)12-10(15)13-9(7)14/h1-3H3,(H2,11,12,13,14,15). The van der Waals surface area contributed by atoms with Crippen molar-refractivity contribution in [1.29, 1.82) is 0 Å². The first-order chi connectivity index (χ1) is 7.00. The predicted octanol–water partition coefficient (Wildman–Crippen LogP) is 0.537. The first kappa shape index (κ1) is 9.64. The Hall–Kier alpha value is -1.91. The van der Waals surface area contributed by atoms with E-state index in [-0.39, 0.29) is 5.56 Å². The number of nitrogens with one attached hydrogen (secondary N) is 2. The molecule has 2 aromatic rings. The van der Waals surface area contributed by atoms with Gasteiger partial charge in [-0.1, -0.05) is 0 Å². The summed E-state index contributed by atoms with van der Waals surface area (Å²) in [6, 6.07) is 0. The molecule has 2 rings (SSSR count). The minimum Gasteiger partial charge on any atom is -0.291 e. The zero-order valence-electron chi connectivity index (χ0n) is 8.76. The van der Waals surface area contributed by atoms with Crippen LogP contribution >= 0.6 is 0 Å². The first-order valence-electron chi connectivity index (χ1n) is 4.61. The highest BCUT2D eigenvalue weighted by Gasteiger charge is 2.09. The highest BCUT2D eigenvalue weighted by atomic mass is 16.2. The molecule has 0 spiro atoms. The molecule has 0 saturated heterocycles. The van der Waals surface area contributed by atoms with E-state index in [4.69, 9.17) is 0 Å². The summed E-state index contributed by atoms with van der Waals surface area (Å²) in [7, 11) is 0. The Balaban J connectivity index is 3.13. The van der Waals surface area contributed by atoms with E-state index in [9.17, 15) is 9.59 Å². The van der Waals surface area contributed by atoms with Crippen molar-refractivity contribution in [3.63, 3.8) is 0 Å². The predicted molar refractivity (Wildman–Crippen MR) is 57.2 cm³/mol. The van der Waals surface area contributed by atoms with Crippen molar-refractivity contribution in [2.45, 2.75) is 20.8 Å². The highest BCUT2D eigenvalue weighted by molar-refractivity contribution is 5.78. The summed E-state index contributed by atoms with van der Waals surface area (Å²) < 4.78 is 0. The van der Waals surface area contributed by atoms with Crippen LogP contribution in [0.2, 0.25) is 0 Å². The van der Waals surface area contributed by atoms with Crippen LogP contribution in [0.5, 0.6) is 0 Å². The molecule has 0 radical (unpaired) electrons. The van der Waals surface area contributed by atoms with Gasteiger partial charge in [-0.3, -0.25) is 14.8 Å². The smallest absolute Gasteiger partial charge is 0.291 e. The number of H-pyrrole nitrogens is 2. The second-order valence-corrected chi connectivity index (χ2v) is 3.58. The molecule has 0 atom stereocenters. The lowest BCUT2D eigenvalue weighted by atomic mass is 10.1. The van der Waals surface area contributed by atoms with Gasteiger partial charge >= 0.3 is 5.69 Å². The summed E-state index contributed by atoms with van der Waals surface area (Å²) in [5.74, 6) is 0. The van der Waals surface area contributed by atoms with E-state index in [1.165, 1.54) is 0 Å². The van der Waals surface area contributed by atoms with Gasteiger partial charge in [-0.2, -0.15) is 0 Å². The van der Waals surface area contributed by atoms with Crippen LogP contribution in [0.4, 0.5) is 0 Å². The maximum absolute atomic E-state index is 11.6. The minimum atomic E-state index is -0.525. The second-order valence-electron chi connectivity index (χ2n) is 3.58. The van der Waals surface area contributed by atoms with Crippen molar-refractivity contribution in [2.24, 2.45) is 0 Å². The zero-order chi connectivity index (χ0) is 11.2. The lowest BCUT2D eigenvalue weighted by Gasteiger charge is -2.06. The van der Waals surface area contributed by atoms with E-state index in [1.54, 1.807) is 0 Å². The Morgan fingerprint density at radius 1 is 1.00 bits per heavy atom. The van der Waals surface area contributed by atoms with Crippen molar-refractivity contribution in [3.05, 3.63) is 37.7 Å². The maximum Gasteiger partial charge on any atom is 0.327 e. The van der Waals surface area contributed by atoms with Crippen LogP contribution in [0.3, 0.4) is 0 Å². The van der Waals surface area contributed by atoms with Crippen molar-refractivity contribution in [3.8, 4) is 0 Å². The number of aromatic amines is 2. The molecule has 0 bridgehead atoms. The van der Waals surface area contributed by atoms with Crippen LogP contribution in [-0.4, -0.2) is 15.0 Å². The lowest BCUT2D eigenvalue weighted by molar-refractivity contribution is 1.04. The normalized spacial score (nSPS) is 10.9. The molecule has 2 heterocycles. The average Bonchev–Trinajstić information content (AvgIpc) is 2.13. The van der Waals surface area contributed by atoms with Crippen molar-refractivity contribution < 1.29 is 0 Å². The third-order valence-electron chi connectivity index (χ3n) is 2.68. The summed E-state index contributed by atoms with van der Waals surface area (Å²) in [6.45, 7) is 5.60. The van der Waals surface area contributed by atoms with Crippen molar-refractivity contribution in [2.75, 3.05) is 0 Å². The molecular formula is C10H11N3O2. The van der Waals surface area contributed by atoms with Gasteiger partial charge in [0.1, 0.15) is 5.65 Å². The zero-order valence-corrected chi connectivity index (χ0v) is 8.76. The third kappa shape index (κ3) is 1.36. The highest BCUT2D eigenvalue weighted by Crippen LogP contribution is 2.15.